The van der Waals surface area contributed by atoms with Crippen molar-refractivity contribution in [3.63, 3.8) is 0 Å². The average Bonchev–Trinajstić information content (AvgIpc) is 3.00. The zero-order valence-electron chi connectivity index (χ0n) is 12.2. The van der Waals surface area contributed by atoms with Crippen LogP contribution >= 0.6 is 34.7 Å². The van der Waals surface area contributed by atoms with Crippen LogP contribution in [0.5, 0.6) is 0 Å². The van der Waals surface area contributed by atoms with E-state index >= 15 is 0 Å². The summed E-state index contributed by atoms with van der Waals surface area (Å²) in [6.07, 6.45) is 1.70. The summed E-state index contributed by atoms with van der Waals surface area (Å²) in [4.78, 5) is 22.1. The Balaban J connectivity index is 1.89. The van der Waals surface area contributed by atoms with Gasteiger partial charge in [-0.05, 0) is 12.1 Å². The largest absolute Gasteiger partial charge is 0.357 e. The van der Waals surface area contributed by atoms with Gasteiger partial charge in [0.15, 0.2) is 4.34 Å². The zero-order valence-corrected chi connectivity index (χ0v) is 14.6. The molecule has 2 N–H and O–H groups in total. The number of halogens is 1. The number of nitro groups is 1. The maximum atomic E-state index is 11.9. The Bertz CT molecular complexity index is 768. The Kier molecular flexibility index (Phi) is 6.53. The van der Waals surface area contributed by atoms with Gasteiger partial charge in [-0.1, -0.05) is 40.8 Å². The molecule has 0 aliphatic heterocycles. The van der Waals surface area contributed by atoms with Crippen LogP contribution in [0, 0.1) is 10.1 Å². The van der Waals surface area contributed by atoms with Crippen molar-refractivity contribution in [1.29, 1.82) is 0 Å². The number of nitrogens with zero attached hydrogens (tertiary/aromatic N) is 3. The van der Waals surface area contributed by atoms with Crippen molar-refractivity contribution in [2.45, 2.75) is 4.34 Å². The summed E-state index contributed by atoms with van der Waals surface area (Å²) in [5, 5.41) is 24.9. The third-order valence-electron chi connectivity index (χ3n) is 2.56. The molecule has 8 nitrogen and oxygen atoms in total. The first kappa shape index (κ1) is 18.2. The molecule has 0 saturated carbocycles. The molecule has 0 bridgehead atoms. The van der Waals surface area contributed by atoms with Crippen LogP contribution in [0.1, 0.15) is 0 Å². The Hall–Kier alpha value is -2.17. The molecule has 0 radical (unpaired) electrons. The van der Waals surface area contributed by atoms with Gasteiger partial charge in [0, 0.05) is 18.3 Å². The number of carbonyl (C=O) groups is 1. The molecular weight excluding hydrogens is 374 g/mol. The lowest BCUT2D eigenvalue weighted by atomic mass is 10.3. The topological polar surface area (TPSA) is 110 Å². The van der Waals surface area contributed by atoms with E-state index in [0.29, 0.717) is 21.7 Å². The van der Waals surface area contributed by atoms with E-state index in [-0.39, 0.29) is 22.4 Å². The minimum Gasteiger partial charge on any atom is -0.357 e. The summed E-state index contributed by atoms with van der Waals surface area (Å²) in [7, 11) is 0. The molecule has 0 spiro atoms. The van der Waals surface area contributed by atoms with E-state index in [0.717, 1.165) is 0 Å². The molecule has 0 fully saturated rings. The number of rotatable bonds is 8. The predicted octanol–water partition coefficient (Wildman–Crippen LogP) is 3.43. The number of carbonyl (C=O) groups excluding carboxylic acids is 1. The molecule has 0 aliphatic carbocycles. The van der Waals surface area contributed by atoms with Gasteiger partial charge in [-0.15, -0.1) is 16.8 Å². The van der Waals surface area contributed by atoms with Gasteiger partial charge in [0.05, 0.1) is 10.7 Å². The predicted molar refractivity (Wildman–Crippen MR) is 96.1 cm³/mol. The molecule has 126 valence electrons. The highest BCUT2D eigenvalue weighted by Gasteiger charge is 2.14. The number of benzene rings is 1. The molecule has 2 aromatic rings. The van der Waals surface area contributed by atoms with Gasteiger partial charge in [0.2, 0.25) is 11.0 Å². The van der Waals surface area contributed by atoms with Gasteiger partial charge >= 0.3 is 0 Å². The lowest BCUT2D eigenvalue weighted by molar-refractivity contribution is -0.384. The number of amides is 1. The fourth-order valence-corrected chi connectivity index (χ4v) is 3.30. The summed E-state index contributed by atoms with van der Waals surface area (Å²) in [6.45, 7) is 4.17. The summed E-state index contributed by atoms with van der Waals surface area (Å²) in [5.74, 6) is -0.209. The van der Waals surface area contributed by atoms with E-state index in [1.807, 2.05) is 0 Å². The second-order valence-corrected chi connectivity index (χ2v) is 6.91. The minimum absolute atomic E-state index is 0.0146. The molecule has 0 aliphatic rings. The second kappa shape index (κ2) is 8.62. The van der Waals surface area contributed by atoms with Crippen molar-refractivity contribution in [2.75, 3.05) is 22.9 Å². The number of hydrogen-bond acceptors (Lipinski definition) is 8. The van der Waals surface area contributed by atoms with Crippen LogP contribution in [-0.4, -0.2) is 33.3 Å². The van der Waals surface area contributed by atoms with Gasteiger partial charge in [0.1, 0.15) is 5.02 Å². The van der Waals surface area contributed by atoms with E-state index in [9.17, 15) is 14.9 Å². The Morgan fingerprint density at radius 1 is 1.50 bits per heavy atom. The van der Waals surface area contributed by atoms with Gasteiger partial charge in [0.25, 0.3) is 5.69 Å². The van der Waals surface area contributed by atoms with Crippen LogP contribution in [0.15, 0.2) is 35.2 Å². The van der Waals surface area contributed by atoms with Crippen molar-refractivity contribution < 1.29 is 9.72 Å². The summed E-state index contributed by atoms with van der Waals surface area (Å²) >= 11 is 8.27. The molecule has 0 unspecified atom stereocenters. The molecule has 1 heterocycles. The lowest BCUT2D eigenvalue weighted by Crippen LogP contribution is -2.14. The minimum atomic E-state index is -0.605. The number of nitro benzene ring substituents is 1. The molecule has 1 amide bonds. The molecule has 0 saturated heterocycles. The van der Waals surface area contributed by atoms with E-state index < -0.39 is 4.92 Å². The maximum Gasteiger partial charge on any atom is 0.289 e. The normalized spacial score (nSPS) is 10.2. The lowest BCUT2D eigenvalue weighted by Gasteiger charge is -2.04. The first-order valence-electron chi connectivity index (χ1n) is 6.54. The van der Waals surface area contributed by atoms with Crippen molar-refractivity contribution >= 4 is 57.1 Å². The molecule has 24 heavy (non-hydrogen) atoms. The summed E-state index contributed by atoms with van der Waals surface area (Å²) < 4.78 is 0.638. The molecule has 11 heteroatoms. The maximum absolute atomic E-state index is 11.9. The highest BCUT2D eigenvalue weighted by molar-refractivity contribution is 8.01. The molecule has 2 rings (SSSR count). The quantitative estimate of drug-likeness (QED) is 0.310. The third kappa shape index (κ3) is 5.18. The average molecular weight is 386 g/mol. The number of nitrogens with one attached hydrogen (secondary N) is 2. The van der Waals surface area contributed by atoms with Gasteiger partial charge < -0.3 is 10.6 Å². The summed E-state index contributed by atoms with van der Waals surface area (Å²) in [6, 6.07) is 4.08. The van der Waals surface area contributed by atoms with Crippen LogP contribution in [0.25, 0.3) is 0 Å². The molecule has 1 aromatic heterocycles. The molecular formula is C13H12ClN5O3S2. The van der Waals surface area contributed by atoms with Crippen LogP contribution in [0.4, 0.5) is 16.5 Å². The van der Waals surface area contributed by atoms with Crippen molar-refractivity contribution in [2.24, 2.45) is 0 Å². The Morgan fingerprint density at radius 3 is 3.00 bits per heavy atom. The first-order chi connectivity index (χ1) is 11.5. The fourth-order valence-electron chi connectivity index (χ4n) is 1.55. The van der Waals surface area contributed by atoms with Crippen molar-refractivity contribution in [1.82, 2.24) is 10.2 Å². The molecule has 1 aromatic carbocycles. The van der Waals surface area contributed by atoms with Crippen LogP contribution in [0.2, 0.25) is 5.02 Å². The number of anilines is 2. The third-order valence-corrected chi connectivity index (χ3v) is 4.89. The number of aromatic nitrogens is 2. The summed E-state index contributed by atoms with van der Waals surface area (Å²) in [5.41, 5.74) is 0.0477. The number of hydrogen-bond donors (Lipinski definition) is 2. The monoisotopic (exact) mass is 385 g/mol. The Morgan fingerprint density at radius 2 is 2.29 bits per heavy atom. The van der Waals surface area contributed by atoms with Gasteiger partial charge in [-0.3, -0.25) is 14.9 Å². The fraction of sp³-hybridized carbons (Fsp3) is 0.154. The first-order valence-corrected chi connectivity index (χ1v) is 8.72. The van der Waals surface area contributed by atoms with Crippen LogP contribution in [0.3, 0.4) is 0 Å². The van der Waals surface area contributed by atoms with Crippen LogP contribution in [-0.2, 0) is 4.79 Å². The van der Waals surface area contributed by atoms with Crippen LogP contribution < -0.4 is 10.6 Å². The van der Waals surface area contributed by atoms with Crippen molar-refractivity contribution in [3.05, 3.63) is 46.0 Å². The zero-order chi connectivity index (χ0) is 17.5. The standard InChI is InChI=1S/C13H12ClN5O3S2/c1-2-5-15-12-17-18-13(24-12)23-7-11(20)16-8-3-4-9(14)10(6-8)19(21)22/h2-4,6H,1,5,7H2,(H,15,17)(H,16,20). The van der Waals surface area contributed by atoms with E-state index in [1.165, 1.54) is 41.3 Å². The SMILES string of the molecule is C=CCNc1nnc(SCC(=O)Nc2ccc(Cl)c([N+](=O)[O-])c2)s1. The Labute approximate surface area is 150 Å². The highest BCUT2D eigenvalue weighted by Crippen LogP contribution is 2.28. The van der Waals surface area contributed by atoms with Gasteiger partial charge in [-0.2, -0.15) is 0 Å². The smallest absolute Gasteiger partial charge is 0.289 e. The van der Waals surface area contributed by atoms with Gasteiger partial charge in [-0.25, -0.2) is 0 Å². The molecule has 0 atom stereocenters. The highest BCUT2D eigenvalue weighted by atomic mass is 35.5. The van der Waals surface area contributed by atoms with Crippen molar-refractivity contribution in [3.8, 4) is 0 Å². The number of thioether (sulfide) groups is 1. The van der Waals surface area contributed by atoms with E-state index in [4.69, 9.17) is 11.6 Å². The second-order valence-electron chi connectivity index (χ2n) is 4.30. The van der Waals surface area contributed by atoms with E-state index in [1.54, 1.807) is 6.08 Å². The van der Waals surface area contributed by atoms with E-state index in [2.05, 4.69) is 27.4 Å².